The first-order valence-electron chi connectivity index (χ1n) is 9.70. The molecule has 1 aromatic heterocycles. The fourth-order valence-corrected chi connectivity index (χ4v) is 3.47. The van der Waals surface area contributed by atoms with Crippen molar-refractivity contribution in [2.24, 2.45) is 0 Å². The number of halogens is 3. The third-order valence-electron chi connectivity index (χ3n) is 4.94. The summed E-state index contributed by atoms with van der Waals surface area (Å²) in [6.45, 7) is 2.80. The Hall–Kier alpha value is -3.08. The SMILES string of the molecule is COC[C@@H](NC(=O)c1cc(=O)[nH]c(N2CCCC2C)n1)c1ccc(OC(F)(F)F)cc1. The third kappa shape index (κ3) is 5.97. The highest BCUT2D eigenvalue weighted by atomic mass is 19.4. The molecule has 1 aromatic carbocycles. The Morgan fingerprint density at radius 3 is 2.65 bits per heavy atom. The number of ether oxygens (including phenoxy) is 2. The van der Waals surface area contributed by atoms with Gasteiger partial charge in [0.25, 0.3) is 11.5 Å². The molecule has 0 saturated carbocycles. The number of aromatic nitrogens is 2. The quantitative estimate of drug-likeness (QED) is 0.688. The molecule has 1 saturated heterocycles. The zero-order chi connectivity index (χ0) is 22.6. The number of nitrogens with one attached hydrogen (secondary N) is 2. The Morgan fingerprint density at radius 2 is 2.06 bits per heavy atom. The van der Waals surface area contributed by atoms with Gasteiger partial charge in [0.1, 0.15) is 11.4 Å². The van der Waals surface area contributed by atoms with Gasteiger partial charge in [-0.15, -0.1) is 13.2 Å². The smallest absolute Gasteiger partial charge is 0.406 e. The summed E-state index contributed by atoms with van der Waals surface area (Å²) in [5.74, 6) is -0.643. The number of benzene rings is 1. The third-order valence-corrected chi connectivity index (χ3v) is 4.94. The average Bonchev–Trinajstić information content (AvgIpc) is 3.12. The van der Waals surface area contributed by atoms with Crippen LogP contribution in [-0.2, 0) is 4.74 Å². The van der Waals surface area contributed by atoms with E-state index in [-0.39, 0.29) is 24.1 Å². The maximum Gasteiger partial charge on any atom is 0.573 e. The molecule has 1 aliphatic rings. The lowest BCUT2D eigenvalue weighted by molar-refractivity contribution is -0.274. The number of aromatic amines is 1. The van der Waals surface area contributed by atoms with Crippen LogP contribution in [0, 0.1) is 0 Å². The van der Waals surface area contributed by atoms with E-state index in [2.05, 4.69) is 20.0 Å². The first kappa shape index (κ1) is 22.6. The Bertz CT molecular complexity index is 962. The molecule has 2 atom stereocenters. The van der Waals surface area contributed by atoms with Gasteiger partial charge in [-0.25, -0.2) is 4.98 Å². The number of carbonyl (C=O) groups excluding carboxylic acids is 1. The van der Waals surface area contributed by atoms with Gasteiger partial charge in [0.05, 0.1) is 12.6 Å². The molecule has 1 amide bonds. The summed E-state index contributed by atoms with van der Waals surface area (Å²) in [6, 6.07) is 5.71. The predicted octanol–water partition coefficient (Wildman–Crippen LogP) is 2.77. The van der Waals surface area contributed by atoms with Gasteiger partial charge in [0, 0.05) is 25.8 Å². The molecule has 2 heterocycles. The van der Waals surface area contributed by atoms with Crippen LogP contribution in [0.2, 0.25) is 0 Å². The van der Waals surface area contributed by atoms with Crippen LogP contribution in [0.1, 0.15) is 41.9 Å². The van der Waals surface area contributed by atoms with Crippen molar-refractivity contribution in [3.63, 3.8) is 0 Å². The maximum absolute atomic E-state index is 12.8. The number of anilines is 1. The lowest BCUT2D eigenvalue weighted by Gasteiger charge is -2.22. The molecule has 31 heavy (non-hydrogen) atoms. The van der Waals surface area contributed by atoms with Gasteiger partial charge < -0.3 is 19.7 Å². The van der Waals surface area contributed by atoms with Gasteiger partial charge in [-0.3, -0.25) is 14.6 Å². The van der Waals surface area contributed by atoms with Crippen molar-refractivity contribution in [3.8, 4) is 5.75 Å². The van der Waals surface area contributed by atoms with Crippen LogP contribution >= 0.6 is 0 Å². The molecule has 3 rings (SSSR count). The van der Waals surface area contributed by atoms with Crippen molar-refractivity contribution < 1.29 is 27.4 Å². The Kier molecular flexibility index (Phi) is 6.84. The lowest BCUT2D eigenvalue weighted by Crippen LogP contribution is -2.35. The molecule has 2 aromatic rings. The van der Waals surface area contributed by atoms with Crippen LogP contribution in [0.3, 0.4) is 0 Å². The molecule has 2 N–H and O–H groups in total. The molecule has 8 nitrogen and oxygen atoms in total. The number of hydrogen-bond acceptors (Lipinski definition) is 6. The van der Waals surface area contributed by atoms with E-state index in [9.17, 15) is 22.8 Å². The van der Waals surface area contributed by atoms with E-state index in [1.165, 1.54) is 19.2 Å². The highest BCUT2D eigenvalue weighted by Crippen LogP contribution is 2.25. The van der Waals surface area contributed by atoms with Crippen LogP contribution in [-0.4, -0.2) is 48.5 Å². The minimum Gasteiger partial charge on any atom is -0.406 e. The van der Waals surface area contributed by atoms with Crippen molar-refractivity contribution in [2.75, 3.05) is 25.2 Å². The lowest BCUT2D eigenvalue weighted by atomic mass is 10.1. The number of carbonyl (C=O) groups is 1. The topological polar surface area (TPSA) is 96.5 Å². The summed E-state index contributed by atoms with van der Waals surface area (Å²) in [5, 5.41) is 2.71. The summed E-state index contributed by atoms with van der Waals surface area (Å²) in [7, 11) is 1.43. The van der Waals surface area contributed by atoms with Crippen molar-refractivity contribution in [2.45, 2.75) is 38.2 Å². The molecule has 0 radical (unpaired) electrons. The van der Waals surface area contributed by atoms with E-state index in [0.29, 0.717) is 11.5 Å². The van der Waals surface area contributed by atoms with E-state index in [1.807, 2.05) is 11.8 Å². The Balaban J connectivity index is 1.78. The van der Waals surface area contributed by atoms with Gasteiger partial charge in [0.15, 0.2) is 0 Å². The first-order valence-corrected chi connectivity index (χ1v) is 9.70. The van der Waals surface area contributed by atoms with Crippen molar-refractivity contribution >= 4 is 11.9 Å². The zero-order valence-corrected chi connectivity index (χ0v) is 17.0. The minimum absolute atomic E-state index is 0.0593. The second-order valence-corrected chi connectivity index (χ2v) is 7.24. The number of methoxy groups -OCH3 is 1. The van der Waals surface area contributed by atoms with Crippen molar-refractivity contribution in [1.82, 2.24) is 15.3 Å². The molecular formula is C20H23F3N4O4. The summed E-state index contributed by atoms with van der Waals surface area (Å²) in [5.41, 5.74) is -0.00914. The van der Waals surface area contributed by atoms with E-state index in [0.717, 1.165) is 37.6 Å². The monoisotopic (exact) mass is 440 g/mol. The molecule has 0 aliphatic carbocycles. The van der Waals surface area contributed by atoms with Crippen LogP contribution < -0.4 is 20.5 Å². The minimum atomic E-state index is -4.79. The van der Waals surface area contributed by atoms with Gasteiger partial charge in [0.2, 0.25) is 5.95 Å². The molecule has 11 heteroatoms. The molecule has 0 bridgehead atoms. The zero-order valence-electron chi connectivity index (χ0n) is 17.0. The number of amides is 1. The average molecular weight is 440 g/mol. The standard InChI is InChI=1S/C20H23F3N4O4/c1-12-4-3-9-27(12)19-25-15(10-17(28)26-19)18(29)24-16(11-30-2)13-5-7-14(8-6-13)31-20(21,22)23/h5-8,10,12,16H,3-4,9,11H2,1-2H3,(H,24,29)(H,25,26,28)/t12?,16-/m1/s1. The molecular weight excluding hydrogens is 417 g/mol. The van der Waals surface area contributed by atoms with Gasteiger partial charge in [-0.2, -0.15) is 0 Å². The summed E-state index contributed by atoms with van der Waals surface area (Å²) in [4.78, 5) is 33.8. The van der Waals surface area contributed by atoms with Crippen LogP contribution in [0.4, 0.5) is 19.1 Å². The largest absolute Gasteiger partial charge is 0.573 e. The van der Waals surface area contributed by atoms with Crippen molar-refractivity contribution in [3.05, 3.63) is 51.9 Å². The fraction of sp³-hybridized carbons (Fsp3) is 0.450. The highest BCUT2D eigenvalue weighted by Gasteiger charge is 2.31. The Morgan fingerprint density at radius 1 is 1.35 bits per heavy atom. The number of H-pyrrole nitrogens is 1. The summed E-state index contributed by atoms with van der Waals surface area (Å²) < 4.78 is 46.0. The molecule has 0 spiro atoms. The Labute approximate surface area is 176 Å². The number of nitrogens with zero attached hydrogens (tertiary/aromatic N) is 2. The van der Waals surface area contributed by atoms with Crippen LogP contribution in [0.25, 0.3) is 0 Å². The van der Waals surface area contributed by atoms with Gasteiger partial charge in [-0.05, 0) is 37.5 Å². The normalized spacial score (nSPS) is 17.5. The summed E-state index contributed by atoms with van der Waals surface area (Å²) >= 11 is 0. The fourth-order valence-electron chi connectivity index (χ4n) is 3.47. The predicted molar refractivity (Wildman–Crippen MR) is 106 cm³/mol. The van der Waals surface area contributed by atoms with E-state index in [4.69, 9.17) is 4.74 Å². The van der Waals surface area contributed by atoms with Crippen molar-refractivity contribution in [1.29, 1.82) is 0 Å². The first-order chi connectivity index (χ1) is 14.7. The highest BCUT2D eigenvalue weighted by molar-refractivity contribution is 5.92. The molecule has 1 fully saturated rings. The van der Waals surface area contributed by atoms with E-state index in [1.54, 1.807) is 0 Å². The van der Waals surface area contributed by atoms with E-state index >= 15 is 0 Å². The second kappa shape index (κ2) is 9.38. The molecule has 1 aliphatic heterocycles. The van der Waals surface area contributed by atoms with E-state index < -0.39 is 23.9 Å². The second-order valence-electron chi connectivity index (χ2n) is 7.24. The number of rotatable bonds is 7. The molecule has 168 valence electrons. The van der Waals surface area contributed by atoms with Gasteiger partial charge in [-0.1, -0.05) is 12.1 Å². The van der Waals surface area contributed by atoms with Gasteiger partial charge >= 0.3 is 6.36 Å². The number of hydrogen-bond donors (Lipinski definition) is 2. The van der Waals surface area contributed by atoms with Crippen LogP contribution in [0.5, 0.6) is 5.75 Å². The number of alkyl halides is 3. The van der Waals surface area contributed by atoms with Crippen LogP contribution in [0.15, 0.2) is 35.1 Å². The maximum atomic E-state index is 12.8. The molecule has 1 unspecified atom stereocenters. The summed E-state index contributed by atoms with van der Waals surface area (Å²) in [6.07, 6.45) is -2.87.